The van der Waals surface area contributed by atoms with Gasteiger partial charge in [-0.1, -0.05) is 159 Å². The van der Waals surface area contributed by atoms with Gasteiger partial charge in [0.15, 0.2) is 0 Å². The molecule has 0 saturated heterocycles. The van der Waals surface area contributed by atoms with E-state index in [2.05, 4.69) is 67.8 Å². The quantitative estimate of drug-likeness (QED) is 0.0323. The van der Waals surface area contributed by atoms with Crippen LogP contribution in [0.15, 0.2) is 48.6 Å². The molecule has 6 nitrogen and oxygen atoms in total. The van der Waals surface area contributed by atoms with Crippen molar-refractivity contribution >= 4 is 5.91 Å². The molecule has 0 spiro atoms. The highest BCUT2D eigenvalue weighted by Crippen LogP contribution is 2.14. The van der Waals surface area contributed by atoms with E-state index in [-0.39, 0.29) is 0 Å². The number of amides is 1. The van der Waals surface area contributed by atoms with E-state index in [0.29, 0.717) is 19.3 Å². The Morgan fingerprint density at radius 2 is 0.824 bits per heavy atom. The Balaban J connectivity index is 3.85. The summed E-state index contributed by atoms with van der Waals surface area (Å²) in [6, 6.07) is -1.01. The van der Waals surface area contributed by atoms with Gasteiger partial charge in [0.05, 0.1) is 18.8 Å². The summed E-state index contributed by atoms with van der Waals surface area (Å²) >= 11 is 0. The molecular weight excluding hydrogens is 634 g/mol. The van der Waals surface area contributed by atoms with E-state index in [9.17, 15) is 25.2 Å². The molecule has 0 saturated carbocycles. The second kappa shape index (κ2) is 39.5. The standard InChI is InChI=1S/C45H83NO5/c1-3-5-7-9-11-13-15-17-19-21-23-25-27-29-31-33-35-37-39-43(49)45(51)46-41(40-47)44(50)42(48)38-36-34-32-30-28-26-24-22-20-18-16-14-12-10-8-6-4-2/h14,16,21-24,30,32,41-44,47-50H,3-13,15,17-20,25-29,31,33-40H2,1-2H3,(H,46,51)/b16-14+,23-21-,24-22+,32-30+. The van der Waals surface area contributed by atoms with Gasteiger partial charge in [-0.3, -0.25) is 4.79 Å². The van der Waals surface area contributed by atoms with Gasteiger partial charge < -0.3 is 25.7 Å². The molecule has 0 rings (SSSR count). The molecule has 51 heavy (non-hydrogen) atoms. The first-order valence-electron chi connectivity index (χ1n) is 21.5. The molecule has 5 N–H and O–H groups in total. The largest absolute Gasteiger partial charge is 0.394 e. The third-order valence-electron chi connectivity index (χ3n) is 9.72. The van der Waals surface area contributed by atoms with Gasteiger partial charge in [-0.2, -0.15) is 0 Å². The Morgan fingerprint density at radius 3 is 1.25 bits per heavy atom. The summed E-state index contributed by atoms with van der Waals surface area (Å²) in [7, 11) is 0. The fourth-order valence-corrected chi connectivity index (χ4v) is 6.25. The van der Waals surface area contributed by atoms with Crippen LogP contribution in [0.2, 0.25) is 0 Å². The van der Waals surface area contributed by atoms with E-state index in [4.69, 9.17) is 0 Å². The number of hydrogen-bond acceptors (Lipinski definition) is 5. The van der Waals surface area contributed by atoms with E-state index in [1.165, 1.54) is 103 Å². The van der Waals surface area contributed by atoms with Crippen LogP contribution in [0.4, 0.5) is 0 Å². The van der Waals surface area contributed by atoms with Gasteiger partial charge in [-0.25, -0.2) is 0 Å². The van der Waals surface area contributed by atoms with Gasteiger partial charge in [-0.05, 0) is 89.9 Å². The molecule has 0 aromatic carbocycles. The predicted molar refractivity (Wildman–Crippen MR) is 219 cm³/mol. The molecule has 0 aliphatic heterocycles. The van der Waals surface area contributed by atoms with Gasteiger partial charge in [0.25, 0.3) is 0 Å². The Kier molecular flexibility index (Phi) is 38.1. The Hall–Kier alpha value is -1.73. The van der Waals surface area contributed by atoms with Gasteiger partial charge in [-0.15, -0.1) is 0 Å². The van der Waals surface area contributed by atoms with Gasteiger partial charge in [0.1, 0.15) is 12.2 Å². The lowest BCUT2D eigenvalue weighted by Crippen LogP contribution is -2.53. The fourth-order valence-electron chi connectivity index (χ4n) is 6.25. The van der Waals surface area contributed by atoms with Crippen LogP contribution in [-0.2, 0) is 4.79 Å². The summed E-state index contributed by atoms with van der Waals surface area (Å²) in [5, 5.41) is 43.6. The van der Waals surface area contributed by atoms with Crippen molar-refractivity contribution in [3.63, 3.8) is 0 Å². The Bertz CT molecular complexity index is 854. The normalized spacial score (nSPS) is 14.7. The molecule has 0 fully saturated rings. The molecule has 0 aliphatic rings. The summed E-state index contributed by atoms with van der Waals surface area (Å²) in [5.74, 6) is -0.606. The van der Waals surface area contributed by atoms with Crippen molar-refractivity contribution in [2.24, 2.45) is 0 Å². The van der Waals surface area contributed by atoms with Crippen LogP contribution in [0.25, 0.3) is 0 Å². The van der Waals surface area contributed by atoms with Crippen molar-refractivity contribution in [1.82, 2.24) is 5.32 Å². The highest BCUT2D eigenvalue weighted by atomic mass is 16.3. The van der Waals surface area contributed by atoms with Gasteiger partial charge in [0.2, 0.25) is 5.91 Å². The number of aliphatic hydroxyl groups excluding tert-OH is 4. The molecule has 0 radical (unpaired) electrons. The molecule has 0 heterocycles. The molecule has 1 amide bonds. The molecule has 0 aliphatic carbocycles. The van der Waals surface area contributed by atoms with E-state index < -0.39 is 36.9 Å². The predicted octanol–water partition coefficient (Wildman–Crippen LogP) is 11.1. The van der Waals surface area contributed by atoms with Crippen LogP contribution in [0.5, 0.6) is 0 Å². The average molecular weight is 718 g/mol. The SMILES string of the molecule is CCCCCC/C=C/CC/C=C/CC/C=C/CCCC(O)C(O)C(CO)NC(=O)C(O)CCCCCCCC/C=C\CCCCCCCCCC. The Morgan fingerprint density at radius 1 is 0.471 bits per heavy atom. The maximum absolute atomic E-state index is 12.5. The zero-order chi connectivity index (χ0) is 37.5. The van der Waals surface area contributed by atoms with Crippen molar-refractivity contribution < 1.29 is 25.2 Å². The van der Waals surface area contributed by atoms with Crippen LogP contribution < -0.4 is 5.32 Å². The molecule has 6 heteroatoms. The zero-order valence-electron chi connectivity index (χ0n) is 33.3. The second-order valence-corrected chi connectivity index (χ2v) is 14.7. The van der Waals surface area contributed by atoms with Crippen LogP contribution in [0.1, 0.15) is 200 Å². The number of nitrogens with one attached hydrogen (secondary N) is 1. The van der Waals surface area contributed by atoms with E-state index >= 15 is 0 Å². The number of aliphatic hydroxyl groups is 4. The molecule has 4 unspecified atom stereocenters. The minimum Gasteiger partial charge on any atom is -0.394 e. The lowest BCUT2D eigenvalue weighted by molar-refractivity contribution is -0.132. The molecule has 4 atom stereocenters. The summed E-state index contributed by atoms with van der Waals surface area (Å²) in [6.07, 6.45) is 47.0. The second-order valence-electron chi connectivity index (χ2n) is 14.7. The minimum absolute atomic E-state index is 0.350. The monoisotopic (exact) mass is 718 g/mol. The third kappa shape index (κ3) is 33.8. The smallest absolute Gasteiger partial charge is 0.249 e. The van der Waals surface area contributed by atoms with E-state index in [0.717, 1.165) is 64.2 Å². The van der Waals surface area contributed by atoms with Crippen LogP contribution in [-0.4, -0.2) is 57.3 Å². The average Bonchev–Trinajstić information content (AvgIpc) is 3.13. The van der Waals surface area contributed by atoms with E-state index in [1.54, 1.807) is 0 Å². The number of hydrogen-bond donors (Lipinski definition) is 5. The summed E-state index contributed by atoms with van der Waals surface area (Å²) in [4.78, 5) is 12.5. The summed E-state index contributed by atoms with van der Waals surface area (Å²) in [6.45, 7) is 4.00. The number of carbonyl (C=O) groups excluding carboxylic acids is 1. The first-order chi connectivity index (χ1) is 25.0. The molecular formula is C45H83NO5. The summed E-state index contributed by atoms with van der Waals surface area (Å²) in [5.41, 5.74) is 0. The van der Waals surface area contributed by atoms with Crippen molar-refractivity contribution in [1.29, 1.82) is 0 Å². The number of unbranched alkanes of at least 4 members (excludes halogenated alkanes) is 21. The lowest BCUT2D eigenvalue weighted by Gasteiger charge is -2.27. The van der Waals surface area contributed by atoms with Crippen molar-refractivity contribution in [3.8, 4) is 0 Å². The van der Waals surface area contributed by atoms with Gasteiger partial charge in [0, 0.05) is 0 Å². The van der Waals surface area contributed by atoms with Crippen molar-refractivity contribution in [3.05, 3.63) is 48.6 Å². The van der Waals surface area contributed by atoms with Crippen molar-refractivity contribution in [2.45, 2.75) is 224 Å². The molecule has 0 bridgehead atoms. The van der Waals surface area contributed by atoms with Crippen molar-refractivity contribution in [2.75, 3.05) is 6.61 Å². The maximum atomic E-state index is 12.5. The molecule has 0 aromatic heterocycles. The number of allylic oxidation sites excluding steroid dienone is 8. The van der Waals surface area contributed by atoms with Crippen LogP contribution in [0.3, 0.4) is 0 Å². The lowest BCUT2D eigenvalue weighted by atomic mass is 10.00. The topological polar surface area (TPSA) is 110 Å². The summed E-state index contributed by atoms with van der Waals surface area (Å²) < 4.78 is 0. The van der Waals surface area contributed by atoms with E-state index in [1.807, 2.05) is 0 Å². The Labute approximate surface area is 315 Å². The highest BCUT2D eigenvalue weighted by molar-refractivity contribution is 5.80. The number of rotatable bonds is 38. The third-order valence-corrected chi connectivity index (χ3v) is 9.72. The zero-order valence-corrected chi connectivity index (χ0v) is 33.3. The molecule has 298 valence electrons. The highest BCUT2D eigenvalue weighted by Gasteiger charge is 2.28. The maximum Gasteiger partial charge on any atom is 0.249 e. The first kappa shape index (κ1) is 49.3. The minimum atomic E-state index is -1.30. The van der Waals surface area contributed by atoms with Gasteiger partial charge >= 0.3 is 0 Å². The fraction of sp³-hybridized carbons (Fsp3) is 0.800. The number of carbonyl (C=O) groups is 1. The molecule has 0 aromatic rings. The first-order valence-corrected chi connectivity index (χ1v) is 21.5. The van der Waals surface area contributed by atoms with Crippen LogP contribution >= 0.6 is 0 Å². The van der Waals surface area contributed by atoms with Crippen LogP contribution in [0, 0.1) is 0 Å².